The van der Waals surface area contributed by atoms with Crippen LogP contribution < -0.4 is 10.2 Å². The average Bonchev–Trinajstić information content (AvgIpc) is 2.70. The Morgan fingerprint density at radius 1 is 1.26 bits per heavy atom. The second-order valence-corrected chi connectivity index (χ2v) is 5.27. The Hall–Kier alpha value is -1.66. The van der Waals surface area contributed by atoms with Crippen molar-refractivity contribution in [3.63, 3.8) is 0 Å². The fourth-order valence-corrected chi connectivity index (χ4v) is 2.97. The topological polar surface area (TPSA) is 65.7 Å². The van der Waals surface area contributed by atoms with Crippen molar-refractivity contribution in [1.82, 2.24) is 19.9 Å². The van der Waals surface area contributed by atoms with E-state index < -0.39 is 0 Å². The molecule has 0 aromatic carbocycles. The highest BCUT2D eigenvalue weighted by Gasteiger charge is 2.30. The molecule has 19 heavy (non-hydrogen) atoms. The summed E-state index contributed by atoms with van der Waals surface area (Å²) in [5.41, 5.74) is 3.36. The number of β-amino-alcohol motifs (C(OH)–C–C–N with tert-alkyl or cyclic N) is 1. The number of aliphatic hydroxyl groups excluding tert-OH is 1. The molecular formula is C13H17N5O. The van der Waals surface area contributed by atoms with Crippen molar-refractivity contribution in [3.05, 3.63) is 23.5 Å². The number of fused-ring (bicyclic) bond motifs is 2. The summed E-state index contributed by atoms with van der Waals surface area (Å²) >= 11 is 0. The molecule has 0 aliphatic carbocycles. The zero-order chi connectivity index (χ0) is 12.8. The van der Waals surface area contributed by atoms with Gasteiger partial charge in [-0.1, -0.05) is 0 Å². The lowest BCUT2D eigenvalue weighted by atomic mass is 10.1. The van der Waals surface area contributed by atoms with Gasteiger partial charge in [-0.15, -0.1) is 0 Å². The number of nitrogens with one attached hydrogen (secondary N) is 1. The molecule has 2 aliphatic heterocycles. The summed E-state index contributed by atoms with van der Waals surface area (Å²) in [6.07, 6.45) is 3.51. The first-order valence-corrected chi connectivity index (χ1v) is 6.82. The maximum absolute atomic E-state index is 9.56. The minimum Gasteiger partial charge on any atom is -0.389 e. The van der Waals surface area contributed by atoms with Crippen molar-refractivity contribution in [1.29, 1.82) is 0 Å². The van der Waals surface area contributed by atoms with E-state index in [0.29, 0.717) is 13.1 Å². The van der Waals surface area contributed by atoms with Gasteiger partial charge in [-0.2, -0.15) is 9.61 Å². The lowest BCUT2D eigenvalue weighted by Crippen LogP contribution is -2.52. The zero-order valence-corrected chi connectivity index (χ0v) is 10.7. The van der Waals surface area contributed by atoms with Gasteiger partial charge in [0.15, 0.2) is 5.65 Å². The van der Waals surface area contributed by atoms with Gasteiger partial charge in [0.1, 0.15) is 5.82 Å². The summed E-state index contributed by atoms with van der Waals surface area (Å²) in [5.74, 6) is 1.12. The van der Waals surface area contributed by atoms with Crippen LogP contribution in [0.15, 0.2) is 12.3 Å². The largest absolute Gasteiger partial charge is 0.389 e. The Balaban J connectivity index is 1.91. The van der Waals surface area contributed by atoms with Crippen LogP contribution in [0.4, 0.5) is 5.82 Å². The second-order valence-electron chi connectivity index (χ2n) is 5.27. The monoisotopic (exact) mass is 259 g/mol. The minimum atomic E-state index is -0.210. The third-order valence-electron chi connectivity index (χ3n) is 3.94. The summed E-state index contributed by atoms with van der Waals surface area (Å²) in [5, 5.41) is 17.4. The lowest BCUT2D eigenvalue weighted by Gasteiger charge is -2.39. The van der Waals surface area contributed by atoms with Gasteiger partial charge in [0.25, 0.3) is 0 Å². The maximum Gasteiger partial charge on any atom is 0.157 e. The Morgan fingerprint density at radius 3 is 2.95 bits per heavy atom. The number of rotatable bonds is 1. The van der Waals surface area contributed by atoms with Crippen LogP contribution in [0.5, 0.6) is 0 Å². The Labute approximate surface area is 111 Å². The molecule has 6 nitrogen and oxygen atoms in total. The molecule has 0 spiro atoms. The van der Waals surface area contributed by atoms with Crippen molar-refractivity contribution in [3.8, 4) is 0 Å². The molecule has 6 heteroatoms. The van der Waals surface area contributed by atoms with E-state index in [9.17, 15) is 5.11 Å². The van der Waals surface area contributed by atoms with Gasteiger partial charge in [-0.3, -0.25) is 0 Å². The van der Waals surface area contributed by atoms with Crippen LogP contribution in [-0.4, -0.2) is 52.0 Å². The molecule has 2 aromatic rings. The van der Waals surface area contributed by atoms with E-state index in [0.717, 1.165) is 37.4 Å². The molecule has 4 heterocycles. The maximum atomic E-state index is 9.56. The van der Waals surface area contributed by atoms with Gasteiger partial charge in [0, 0.05) is 37.7 Å². The van der Waals surface area contributed by atoms with Gasteiger partial charge in [0.2, 0.25) is 0 Å². The molecule has 0 atom stereocenters. The quantitative estimate of drug-likeness (QED) is 0.729. The third-order valence-corrected chi connectivity index (χ3v) is 3.94. The average molecular weight is 259 g/mol. The third kappa shape index (κ3) is 1.71. The van der Waals surface area contributed by atoms with Crippen molar-refractivity contribution >= 4 is 11.5 Å². The normalized spacial score (nSPS) is 20.2. The van der Waals surface area contributed by atoms with Crippen LogP contribution in [0.2, 0.25) is 0 Å². The number of anilines is 1. The first-order valence-electron chi connectivity index (χ1n) is 6.82. The Morgan fingerprint density at radius 2 is 2.11 bits per heavy atom. The molecule has 0 amide bonds. The number of hydrogen-bond acceptors (Lipinski definition) is 5. The number of hydrogen-bond donors (Lipinski definition) is 2. The first kappa shape index (κ1) is 11.2. The summed E-state index contributed by atoms with van der Waals surface area (Å²) in [6.45, 7) is 3.34. The molecule has 0 unspecified atom stereocenters. The molecule has 4 rings (SSSR count). The predicted molar refractivity (Wildman–Crippen MR) is 71.5 cm³/mol. The standard InChI is InChI=1S/C13H17N5O/c19-9-7-17(8-9)13-10-1-4-14-5-2-11(10)16-12-3-6-15-18(12)13/h3,6,9,14,19H,1-2,4-5,7-8H2. The van der Waals surface area contributed by atoms with Crippen molar-refractivity contribution in [2.45, 2.75) is 18.9 Å². The summed E-state index contributed by atoms with van der Waals surface area (Å²) in [6, 6.07) is 1.94. The molecule has 0 saturated carbocycles. The van der Waals surface area contributed by atoms with Gasteiger partial charge in [0.05, 0.1) is 18.0 Å². The molecule has 0 bridgehead atoms. The van der Waals surface area contributed by atoms with Gasteiger partial charge >= 0.3 is 0 Å². The molecular weight excluding hydrogens is 242 g/mol. The van der Waals surface area contributed by atoms with Crippen LogP contribution in [0.1, 0.15) is 11.3 Å². The second kappa shape index (κ2) is 4.18. The molecule has 0 radical (unpaired) electrons. The molecule has 100 valence electrons. The summed E-state index contributed by atoms with van der Waals surface area (Å²) in [7, 11) is 0. The highest BCUT2D eigenvalue weighted by Crippen LogP contribution is 2.29. The lowest BCUT2D eigenvalue weighted by molar-refractivity contribution is 0.140. The molecule has 1 saturated heterocycles. The number of nitrogens with zero attached hydrogens (tertiary/aromatic N) is 4. The van der Waals surface area contributed by atoms with Crippen LogP contribution in [0.3, 0.4) is 0 Å². The highest BCUT2D eigenvalue weighted by atomic mass is 16.3. The first-order chi connectivity index (χ1) is 9.33. The molecule has 2 aliphatic rings. The van der Waals surface area contributed by atoms with Crippen LogP contribution in [0, 0.1) is 0 Å². The highest BCUT2D eigenvalue weighted by molar-refractivity contribution is 5.59. The van der Waals surface area contributed by atoms with Crippen LogP contribution in [-0.2, 0) is 12.8 Å². The van der Waals surface area contributed by atoms with Gasteiger partial charge < -0.3 is 15.3 Å². The Kier molecular flexibility index (Phi) is 2.46. The van der Waals surface area contributed by atoms with Crippen LogP contribution in [0.25, 0.3) is 5.65 Å². The summed E-state index contributed by atoms with van der Waals surface area (Å²) in [4.78, 5) is 6.93. The van der Waals surface area contributed by atoms with E-state index in [2.05, 4.69) is 15.3 Å². The fourth-order valence-electron chi connectivity index (χ4n) is 2.97. The van der Waals surface area contributed by atoms with E-state index >= 15 is 0 Å². The molecule has 1 fully saturated rings. The zero-order valence-electron chi connectivity index (χ0n) is 10.7. The van der Waals surface area contributed by atoms with Crippen molar-refractivity contribution in [2.24, 2.45) is 0 Å². The molecule has 2 N–H and O–H groups in total. The summed E-state index contributed by atoms with van der Waals surface area (Å²) < 4.78 is 1.91. The smallest absolute Gasteiger partial charge is 0.157 e. The SMILES string of the molecule is OC1CN(c2c3c(nc4ccnn24)CCNCC3)C1. The number of aromatic nitrogens is 3. The van der Waals surface area contributed by atoms with E-state index in [-0.39, 0.29) is 6.10 Å². The Bertz CT molecular complexity index is 617. The van der Waals surface area contributed by atoms with Crippen molar-refractivity contribution in [2.75, 3.05) is 31.1 Å². The fraction of sp³-hybridized carbons (Fsp3) is 0.538. The number of aliphatic hydroxyl groups is 1. The predicted octanol–water partition coefficient (Wildman–Crippen LogP) is -0.402. The van der Waals surface area contributed by atoms with E-state index in [4.69, 9.17) is 4.98 Å². The van der Waals surface area contributed by atoms with E-state index in [1.807, 2.05) is 10.6 Å². The molecule has 2 aromatic heterocycles. The van der Waals surface area contributed by atoms with Gasteiger partial charge in [-0.05, 0) is 13.0 Å². The van der Waals surface area contributed by atoms with E-state index in [1.54, 1.807) is 6.20 Å². The van der Waals surface area contributed by atoms with E-state index in [1.165, 1.54) is 11.3 Å². The minimum absolute atomic E-state index is 0.210. The van der Waals surface area contributed by atoms with Crippen LogP contribution >= 0.6 is 0 Å². The van der Waals surface area contributed by atoms with Crippen molar-refractivity contribution < 1.29 is 5.11 Å². The van der Waals surface area contributed by atoms with Gasteiger partial charge in [-0.25, -0.2) is 4.98 Å².